The number of ether oxygens (including phenoxy) is 1. The summed E-state index contributed by atoms with van der Waals surface area (Å²) in [6, 6.07) is 12.3. The Bertz CT molecular complexity index is 817. The van der Waals surface area contributed by atoms with E-state index >= 15 is 0 Å². The Morgan fingerprint density at radius 3 is 2.60 bits per heavy atom. The van der Waals surface area contributed by atoms with Crippen molar-refractivity contribution in [3.63, 3.8) is 0 Å². The van der Waals surface area contributed by atoms with Crippen LogP contribution in [0.3, 0.4) is 0 Å². The van der Waals surface area contributed by atoms with Crippen molar-refractivity contribution >= 4 is 11.8 Å². The van der Waals surface area contributed by atoms with Crippen molar-refractivity contribution in [2.45, 2.75) is 19.9 Å². The van der Waals surface area contributed by atoms with Gasteiger partial charge in [0.05, 0.1) is 13.7 Å². The maximum Gasteiger partial charge on any atom is 0.191 e. The highest BCUT2D eigenvalue weighted by Gasteiger charge is 2.17. The van der Waals surface area contributed by atoms with Crippen molar-refractivity contribution in [1.29, 1.82) is 0 Å². The van der Waals surface area contributed by atoms with E-state index in [9.17, 15) is 0 Å². The summed E-state index contributed by atoms with van der Waals surface area (Å²) in [6.07, 6.45) is 2.74. The summed E-state index contributed by atoms with van der Waals surface area (Å²) in [5.74, 6) is 2.80. The molecule has 162 valence electrons. The van der Waals surface area contributed by atoms with Gasteiger partial charge in [-0.1, -0.05) is 24.3 Å². The van der Waals surface area contributed by atoms with Gasteiger partial charge in [0, 0.05) is 51.0 Å². The lowest BCUT2D eigenvalue weighted by molar-refractivity contribution is 0.312. The third-order valence-electron chi connectivity index (χ3n) is 5.30. The molecule has 3 rings (SSSR count). The molecular weight excluding hydrogens is 376 g/mol. The highest BCUT2D eigenvalue weighted by molar-refractivity contribution is 5.79. The molecule has 2 N–H and O–H groups in total. The largest absolute Gasteiger partial charge is 0.496 e. The Morgan fingerprint density at radius 2 is 1.83 bits per heavy atom. The summed E-state index contributed by atoms with van der Waals surface area (Å²) >= 11 is 0. The van der Waals surface area contributed by atoms with Crippen molar-refractivity contribution in [2.24, 2.45) is 4.99 Å². The Kier molecular flexibility index (Phi) is 8.32. The van der Waals surface area contributed by atoms with Gasteiger partial charge in [0.1, 0.15) is 11.6 Å². The molecule has 1 aliphatic heterocycles. The van der Waals surface area contributed by atoms with Crippen LogP contribution in [0, 0.1) is 0 Å². The molecule has 2 heterocycles. The fourth-order valence-electron chi connectivity index (χ4n) is 3.59. The van der Waals surface area contributed by atoms with Crippen molar-refractivity contribution in [1.82, 2.24) is 20.5 Å². The monoisotopic (exact) mass is 410 g/mol. The molecule has 0 saturated carbocycles. The molecule has 0 atom stereocenters. The molecule has 0 radical (unpaired) electrons. The van der Waals surface area contributed by atoms with Gasteiger partial charge in [0.25, 0.3) is 0 Å². The number of benzene rings is 1. The predicted molar refractivity (Wildman–Crippen MR) is 123 cm³/mol. The first-order valence-corrected chi connectivity index (χ1v) is 10.7. The van der Waals surface area contributed by atoms with Crippen LogP contribution in [0.5, 0.6) is 5.75 Å². The van der Waals surface area contributed by atoms with E-state index < -0.39 is 0 Å². The molecule has 0 spiro atoms. The zero-order valence-electron chi connectivity index (χ0n) is 18.4. The third kappa shape index (κ3) is 6.10. The molecule has 30 heavy (non-hydrogen) atoms. The van der Waals surface area contributed by atoms with Crippen LogP contribution >= 0.6 is 0 Å². The minimum absolute atomic E-state index is 0.597. The summed E-state index contributed by atoms with van der Waals surface area (Å²) in [6.45, 7) is 8.40. The molecule has 0 aliphatic carbocycles. The van der Waals surface area contributed by atoms with E-state index in [1.54, 1.807) is 7.11 Å². The zero-order chi connectivity index (χ0) is 21.2. The van der Waals surface area contributed by atoms with E-state index in [1.807, 2.05) is 30.5 Å². The van der Waals surface area contributed by atoms with Crippen LogP contribution in [-0.4, -0.2) is 69.3 Å². The number of aromatic nitrogens is 1. The van der Waals surface area contributed by atoms with E-state index in [4.69, 9.17) is 9.73 Å². The van der Waals surface area contributed by atoms with Gasteiger partial charge in [0.2, 0.25) is 0 Å². The van der Waals surface area contributed by atoms with Crippen LogP contribution in [0.2, 0.25) is 0 Å². The predicted octanol–water partition coefficient (Wildman–Crippen LogP) is 2.14. The first kappa shape index (κ1) is 21.9. The smallest absolute Gasteiger partial charge is 0.191 e. The van der Waals surface area contributed by atoms with Crippen LogP contribution in [0.4, 0.5) is 5.82 Å². The highest BCUT2D eigenvalue weighted by Crippen LogP contribution is 2.20. The minimum atomic E-state index is 0.597. The first-order valence-electron chi connectivity index (χ1n) is 10.7. The fourth-order valence-corrected chi connectivity index (χ4v) is 3.59. The number of methoxy groups -OCH3 is 1. The SMILES string of the molecule is CCNC(=NCc1cccnc1N1CCN(C)CC1)NCCc1ccccc1OC. The molecule has 1 aromatic heterocycles. The second kappa shape index (κ2) is 11.4. The lowest BCUT2D eigenvalue weighted by Gasteiger charge is -2.34. The van der Waals surface area contributed by atoms with Crippen LogP contribution in [0.1, 0.15) is 18.1 Å². The summed E-state index contributed by atoms with van der Waals surface area (Å²) in [5.41, 5.74) is 2.34. The summed E-state index contributed by atoms with van der Waals surface area (Å²) < 4.78 is 5.44. The second-order valence-corrected chi connectivity index (χ2v) is 7.46. The fraction of sp³-hybridized carbons (Fsp3) is 0.478. The maximum absolute atomic E-state index is 5.44. The molecule has 2 aromatic rings. The topological polar surface area (TPSA) is 65.0 Å². The number of pyridine rings is 1. The molecule has 7 heteroatoms. The first-order chi connectivity index (χ1) is 14.7. The zero-order valence-corrected chi connectivity index (χ0v) is 18.4. The Labute approximate surface area is 180 Å². The normalized spacial score (nSPS) is 15.2. The van der Waals surface area contributed by atoms with Gasteiger partial charge in [-0.3, -0.25) is 0 Å². The second-order valence-electron chi connectivity index (χ2n) is 7.46. The van der Waals surface area contributed by atoms with Gasteiger partial charge in [-0.15, -0.1) is 0 Å². The van der Waals surface area contributed by atoms with Crippen LogP contribution in [0.15, 0.2) is 47.6 Å². The molecule has 1 aromatic carbocycles. The van der Waals surface area contributed by atoms with Crippen molar-refractivity contribution < 1.29 is 4.74 Å². The maximum atomic E-state index is 5.44. The molecule has 1 fully saturated rings. The van der Waals surface area contributed by atoms with Gasteiger partial charge in [-0.2, -0.15) is 0 Å². The number of rotatable bonds is 8. The number of likely N-dealkylation sites (N-methyl/N-ethyl adjacent to an activating group) is 1. The number of anilines is 1. The van der Waals surface area contributed by atoms with Crippen molar-refractivity contribution in [3.05, 3.63) is 53.7 Å². The van der Waals surface area contributed by atoms with Gasteiger partial charge >= 0.3 is 0 Å². The Balaban J connectivity index is 1.62. The highest BCUT2D eigenvalue weighted by atomic mass is 16.5. The number of hydrogen-bond donors (Lipinski definition) is 2. The summed E-state index contributed by atoms with van der Waals surface area (Å²) in [5, 5.41) is 6.78. The number of nitrogens with one attached hydrogen (secondary N) is 2. The Hall–Kier alpha value is -2.80. The van der Waals surface area contributed by atoms with Crippen molar-refractivity contribution in [3.8, 4) is 5.75 Å². The van der Waals surface area contributed by atoms with Gasteiger partial charge < -0.3 is 25.2 Å². The minimum Gasteiger partial charge on any atom is -0.496 e. The molecular formula is C23H34N6O. The molecule has 7 nitrogen and oxygen atoms in total. The summed E-state index contributed by atoms with van der Waals surface area (Å²) in [4.78, 5) is 14.2. The Morgan fingerprint density at radius 1 is 1.07 bits per heavy atom. The lowest BCUT2D eigenvalue weighted by atomic mass is 10.1. The average molecular weight is 411 g/mol. The van der Waals surface area contributed by atoms with E-state index in [2.05, 4.69) is 51.5 Å². The third-order valence-corrected chi connectivity index (χ3v) is 5.30. The number of para-hydroxylation sites is 1. The molecule has 1 saturated heterocycles. The van der Waals surface area contributed by atoms with Crippen molar-refractivity contribution in [2.75, 3.05) is 58.3 Å². The average Bonchev–Trinajstić information content (AvgIpc) is 2.78. The number of hydrogen-bond acceptors (Lipinski definition) is 5. The number of aliphatic imine (C=N–C) groups is 1. The standard InChI is InChI=1S/C23H34N6O/c1-4-24-23(26-13-11-19-8-5-6-10-21(19)30-3)27-18-20-9-7-12-25-22(20)29-16-14-28(2)15-17-29/h5-10,12H,4,11,13-18H2,1-3H3,(H2,24,26,27). The van der Waals surface area contributed by atoms with E-state index in [0.29, 0.717) is 6.54 Å². The number of piperazine rings is 1. The molecule has 0 bridgehead atoms. The quantitative estimate of drug-likeness (QED) is 0.514. The van der Waals surface area contributed by atoms with E-state index in [-0.39, 0.29) is 0 Å². The van der Waals surface area contributed by atoms with Gasteiger partial charge in [-0.25, -0.2) is 9.98 Å². The number of guanidine groups is 1. The van der Waals surface area contributed by atoms with E-state index in [1.165, 1.54) is 5.56 Å². The van der Waals surface area contributed by atoms with Gasteiger partial charge in [-0.05, 0) is 38.1 Å². The van der Waals surface area contributed by atoms with Crippen LogP contribution < -0.4 is 20.3 Å². The number of nitrogens with zero attached hydrogens (tertiary/aromatic N) is 4. The molecule has 0 amide bonds. The van der Waals surface area contributed by atoms with Gasteiger partial charge in [0.15, 0.2) is 5.96 Å². The van der Waals surface area contributed by atoms with Crippen LogP contribution in [-0.2, 0) is 13.0 Å². The lowest BCUT2D eigenvalue weighted by Crippen LogP contribution is -2.45. The molecule has 0 unspecified atom stereocenters. The summed E-state index contributed by atoms with van der Waals surface area (Å²) in [7, 11) is 3.88. The van der Waals surface area contributed by atoms with E-state index in [0.717, 1.165) is 68.8 Å². The molecule has 1 aliphatic rings. The van der Waals surface area contributed by atoms with Crippen LogP contribution in [0.25, 0.3) is 0 Å².